The van der Waals surface area contributed by atoms with Gasteiger partial charge in [0.25, 0.3) is 0 Å². The van der Waals surface area contributed by atoms with E-state index in [-0.39, 0.29) is 6.04 Å². The summed E-state index contributed by atoms with van der Waals surface area (Å²) in [6.07, 6.45) is 3.55. The molecule has 0 radical (unpaired) electrons. The first-order valence-electron chi connectivity index (χ1n) is 7.04. The third-order valence-corrected chi connectivity index (χ3v) is 3.29. The molecule has 0 aliphatic rings. The molecule has 0 saturated heterocycles. The highest BCUT2D eigenvalue weighted by Gasteiger charge is 2.09. The van der Waals surface area contributed by atoms with Crippen LogP contribution in [-0.2, 0) is 4.74 Å². The summed E-state index contributed by atoms with van der Waals surface area (Å²) in [6.45, 7) is 3.39. The van der Waals surface area contributed by atoms with Crippen LogP contribution < -0.4 is 11.1 Å². The van der Waals surface area contributed by atoms with Gasteiger partial charge in [0.05, 0.1) is 12.3 Å². The summed E-state index contributed by atoms with van der Waals surface area (Å²) in [7, 11) is 1.71. The first-order valence-corrected chi connectivity index (χ1v) is 7.04. The van der Waals surface area contributed by atoms with Crippen LogP contribution in [0.5, 0.6) is 0 Å². The number of hydrogen-bond acceptors (Lipinski definition) is 6. The summed E-state index contributed by atoms with van der Waals surface area (Å²) in [5.74, 6) is 0. The molecule has 2 rings (SSSR count). The van der Waals surface area contributed by atoms with E-state index in [1.54, 1.807) is 18.1 Å². The SMILES string of the molecule is COCC(CCCN)Nc1ccc(-n2cnnn2)c(C)c1. The van der Waals surface area contributed by atoms with E-state index in [0.717, 1.165) is 29.8 Å². The second kappa shape index (κ2) is 7.70. The molecule has 0 aliphatic heterocycles. The second-order valence-corrected chi connectivity index (χ2v) is 4.98. The third-order valence-electron chi connectivity index (χ3n) is 3.29. The minimum absolute atomic E-state index is 0.261. The Balaban J connectivity index is 2.08. The van der Waals surface area contributed by atoms with Gasteiger partial charge in [-0.15, -0.1) is 5.10 Å². The quantitative estimate of drug-likeness (QED) is 0.757. The van der Waals surface area contributed by atoms with Crippen LogP contribution in [0.15, 0.2) is 24.5 Å². The van der Waals surface area contributed by atoms with Gasteiger partial charge in [-0.05, 0) is 60.5 Å². The Morgan fingerprint density at radius 2 is 2.29 bits per heavy atom. The van der Waals surface area contributed by atoms with Crippen molar-refractivity contribution in [3.63, 3.8) is 0 Å². The Morgan fingerprint density at radius 1 is 1.43 bits per heavy atom. The standard InChI is InChI=1S/C14H22N6O/c1-11-8-12(17-13(9-21-2)4-3-7-15)5-6-14(11)20-10-16-18-19-20/h5-6,8,10,13,17H,3-4,7,9,15H2,1-2H3. The van der Waals surface area contributed by atoms with E-state index >= 15 is 0 Å². The highest BCUT2D eigenvalue weighted by molar-refractivity contribution is 5.53. The van der Waals surface area contributed by atoms with Crippen molar-refractivity contribution >= 4 is 5.69 Å². The summed E-state index contributed by atoms with van der Waals surface area (Å²) >= 11 is 0. The van der Waals surface area contributed by atoms with E-state index in [1.165, 1.54) is 0 Å². The molecule has 0 bridgehead atoms. The highest BCUT2D eigenvalue weighted by Crippen LogP contribution is 2.19. The molecule has 0 saturated carbocycles. The van der Waals surface area contributed by atoms with Crippen LogP contribution in [0.4, 0.5) is 5.69 Å². The zero-order valence-electron chi connectivity index (χ0n) is 12.5. The van der Waals surface area contributed by atoms with Crippen LogP contribution in [-0.4, -0.2) is 46.5 Å². The number of methoxy groups -OCH3 is 1. The van der Waals surface area contributed by atoms with Gasteiger partial charge in [-0.2, -0.15) is 0 Å². The molecule has 2 aromatic rings. The van der Waals surface area contributed by atoms with Crippen molar-refractivity contribution in [3.8, 4) is 5.69 Å². The molecule has 1 aromatic heterocycles. The van der Waals surface area contributed by atoms with Gasteiger partial charge >= 0.3 is 0 Å². The van der Waals surface area contributed by atoms with Gasteiger partial charge in [0.2, 0.25) is 0 Å². The predicted molar refractivity (Wildman–Crippen MR) is 81.5 cm³/mol. The number of nitrogens with zero attached hydrogens (tertiary/aromatic N) is 4. The Labute approximate surface area is 124 Å². The molecule has 0 aliphatic carbocycles. The van der Waals surface area contributed by atoms with E-state index in [9.17, 15) is 0 Å². The van der Waals surface area contributed by atoms with E-state index < -0.39 is 0 Å². The number of benzene rings is 1. The topological polar surface area (TPSA) is 90.9 Å². The lowest BCUT2D eigenvalue weighted by atomic mass is 10.1. The number of tetrazole rings is 1. The molecule has 0 fully saturated rings. The van der Waals surface area contributed by atoms with E-state index in [4.69, 9.17) is 10.5 Å². The highest BCUT2D eigenvalue weighted by atomic mass is 16.5. The van der Waals surface area contributed by atoms with Gasteiger partial charge in [0.15, 0.2) is 0 Å². The first-order chi connectivity index (χ1) is 10.2. The maximum absolute atomic E-state index is 5.57. The van der Waals surface area contributed by atoms with Gasteiger partial charge in [0.1, 0.15) is 6.33 Å². The average Bonchev–Trinajstić information content (AvgIpc) is 2.99. The fraction of sp³-hybridized carbons (Fsp3) is 0.500. The van der Waals surface area contributed by atoms with Crippen LogP contribution in [0.3, 0.4) is 0 Å². The number of nitrogens with one attached hydrogen (secondary N) is 1. The Kier molecular flexibility index (Phi) is 5.65. The van der Waals surface area contributed by atoms with Crippen molar-refractivity contribution in [2.75, 3.05) is 25.6 Å². The Bertz CT molecular complexity index is 542. The number of hydrogen-bond donors (Lipinski definition) is 2. The van der Waals surface area contributed by atoms with Gasteiger partial charge in [0, 0.05) is 18.8 Å². The fourth-order valence-corrected chi connectivity index (χ4v) is 2.27. The van der Waals surface area contributed by atoms with Crippen LogP contribution in [0.1, 0.15) is 18.4 Å². The molecule has 1 aromatic carbocycles. The molecule has 114 valence electrons. The van der Waals surface area contributed by atoms with Gasteiger partial charge in [-0.3, -0.25) is 0 Å². The molecule has 21 heavy (non-hydrogen) atoms. The molecule has 0 spiro atoms. The lowest BCUT2D eigenvalue weighted by Gasteiger charge is -2.19. The summed E-state index contributed by atoms with van der Waals surface area (Å²) in [4.78, 5) is 0. The number of nitrogens with two attached hydrogens (primary N) is 1. The molecule has 3 N–H and O–H groups in total. The third kappa shape index (κ3) is 4.24. The minimum Gasteiger partial charge on any atom is -0.383 e. The number of aromatic nitrogens is 4. The molecule has 7 nitrogen and oxygen atoms in total. The molecular formula is C14H22N6O. The zero-order valence-corrected chi connectivity index (χ0v) is 12.5. The number of aryl methyl sites for hydroxylation is 1. The van der Waals surface area contributed by atoms with Crippen molar-refractivity contribution in [2.45, 2.75) is 25.8 Å². The molecule has 1 heterocycles. The van der Waals surface area contributed by atoms with E-state index in [2.05, 4.69) is 26.9 Å². The first kappa shape index (κ1) is 15.4. The fourth-order valence-electron chi connectivity index (χ4n) is 2.27. The van der Waals surface area contributed by atoms with Crippen molar-refractivity contribution in [2.24, 2.45) is 5.73 Å². The molecule has 1 atom stereocenters. The maximum atomic E-state index is 5.57. The normalized spacial score (nSPS) is 12.3. The Hall–Kier alpha value is -1.99. The number of rotatable bonds is 8. The second-order valence-electron chi connectivity index (χ2n) is 4.98. The van der Waals surface area contributed by atoms with Crippen LogP contribution in [0, 0.1) is 6.92 Å². The molecule has 7 heteroatoms. The van der Waals surface area contributed by atoms with Crippen LogP contribution >= 0.6 is 0 Å². The monoisotopic (exact) mass is 290 g/mol. The predicted octanol–water partition coefficient (Wildman–Crippen LogP) is 1.14. The maximum Gasteiger partial charge on any atom is 0.143 e. The van der Waals surface area contributed by atoms with Crippen molar-refractivity contribution in [1.82, 2.24) is 20.2 Å². The zero-order chi connectivity index (χ0) is 15.1. The van der Waals surface area contributed by atoms with Crippen molar-refractivity contribution < 1.29 is 4.74 Å². The van der Waals surface area contributed by atoms with Gasteiger partial charge < -0.3 is 15.8 Å². The number of ether oxygens (including phenoxy) is 1. The van der Waals surface area contributed by atoms with Crippen molar-refractivity contribution in [3.05, 3.63) is 30.1 Å². The summed E-state index contributed by atoms with van der Waals surface area (Å²) in [5, 5.41) is 14.7. The van der Waals surface area contributed by atoms with E-state index in [1.807, 2.05) is 19.1 Å². The molecule has 1 unspecified atom stereocenters. The average molecular weight is 290 g/mol. The largest absolute Gasteiger partial charge is 0.383 e. The van der Waals surface area contributed by atoms with Crippen LogP contribution in [0.2, 0.25) is 0 Å². The lowest BCUT2D eigenvalue weighted by Crippen LogP contribution is -2.25. The minimum atomic E-state index is 0.261. The van der Waals surface area contributed by atoms with Crippen molar-refractivity contribution in [1.29, 1.82) is 0 Å². The van der Waals surface area contributed by atoms with E-state index in [0.29, 0.717) is 13.2 Å². The Morgan fingerprint density at radius 3 is 2.90 bits per heavy atom. The van der Waals surface area contributed by atoms with Gasteiger partial charge in [-0.1, -0.05) is 0 Å². The molecule has 0 amide bonds. The summed E-state index contributed by atoms with van der Waals surface area (Å²) < 4.78 is 6.91. The van der Waals surface area contributed by atoms with Crippen LogP contribution in [0.25, 0.3) is 5.69 Å². The summed E-state index contributed by atoms with van der Waals surface area (Å²) in [5.41, 5.74) is 8.70. The smallest absolute Gasteiger partial charge is 0.143 e. The number of anilines is 1. The van der Waals surface area contributed by atoms with Gasteiger partial charge in [-0.25, -0.2) is 4.68 Å². The lowest BCUT2D eigenvalue weighted by molar-refractivity contribution is 0.182. The summed E-state index contributed by atoms with van der Waals surface area (Å²) in [6, 6.07) is 6.37. The molecular weight excluding hydrogens is 268 g/mol.